The van der Waals surface area contributed by atoms with Gasteiger partial charge < -0.3 is 15.4 Å². The highest BCUT2D eigenvalue weighted by molar-refractivity contribution is 6.03. The molecule has 2 N–H and O–H groups in total. The van der Waals surface area contributed by atoms with Crippen molar-refractivity contribution in [3.05, 3.63) is 72.1 Å². The fourth-order valence-electron chi connectivity index (χ4n) is 2.77. The molecular weight excluding hydrogens is 364 g/mol. The first-order valence-corrected chi connectivity index (χ1v) is 9.60. The third kappa shape index (κ3) is 5.31. The molecule has 0 radical (unpaired) electrons. The summed E-state index contributed by atoms with van der Waals surface area (Å²) in [5.41, 5.74) is 3.05. The first-order chi connectivity index (χ1) is 13.9. The van der Waals surface area contributed by atoms with E-state index in [-0.39, 0.29) is 17.0 Å². The Morgan fingerprint density at radius 1 is 1.03 bits per heavy atom. The van der Waals surface area contributed by atoms with Crippen molar-refractivity contribution in [1.29, 1.82) is 0 Å². The van der Waals surface area contributed by atoms with Crippen LogP contribution in [-0.2, 0) is 5.41 Å². The summed E-state index contributed by atoms with van der Waals surface area (Å²) >= 11 is 0. The lowest BCUT2D eigenvalue weighted by Crippen LogP contribution is -2.15. The zero-order valence-electron chi connectivity index (χ0n) is 17.2. The standard InChI is InChI=1S/C23H26N4O2/c1-5-29-20-9-7-6-8-18(20)26-21(28)19-14-15-24-22(27-19)25-17-12-10-16(11-13-17)23(2,3)4/h6-15H,5H2,1-4H3,(H,26,28)(H,24,25,27). The fourth-order valence-corrected chi connectivity index (χ4v) is 2.77. The van der Waals surface area contributed by atoms with Gasteiger partial charge in [0.1, 0.15) is 11.4 Å². The minimum atomic E-state index is -0.328. The number of carbonyl (C=O) groups excluding carboxylic acids is 1. The van der Waals surface area contributed by atoms with Crippen molar-refractivity contribution in [2.24, 2.45) is 0 Å². The average molecular weight is 390 g/mol. The summed E-state index contributed by atoms with van der Waals surface area (Å²) in [4.78, 5) is 21.2. The summed E-state index contributed by atoms with van der Waals surface area (Å²) in [6, 6.07) is 17.0. The summed E-state index contributed by atoms with van der Waals surface area (Å²) in [7, 11) is 0. The zero-order chi connectivity index (χ0) is 20.9. The molecule has 0 spiro atoms. The van der Waals surface area contributed by atoms with Crippen LogP contribution >= 0.6 is 0 Å². The van der Waals surface area contributed by atoms with Gasteiger partial charge in [0.15, 0.2) is 0 Å². The van der Waals surface area contributed by atoms with E-state index in [9.17, 15) is 4.79 Å². The van der Waals surface area contributed by atoms with Crippen LogP contribution in [0.4, 0.5) is 17.3 Å². The van der Waals surface area contributed by atoms with Gasteiger partial charge >= 0.3 is 0 Å². The molecule has 3 aromatic rings. The van der Waals surface area contributed by atoms with Gasteiger partial charge in [0.2, 0.25) is 5.95 Å². The molecule has 1 aromatic heterocycles. The largest absolute Gasteiger partial charge is 0.492 e. The first kappa shape index (κ1) is 20.3. The fraction of sp³-hybridized carbons (Fsp3) is 0.261. The number of anilines is 3. The molecular formula is C23H26N4O2. The van der Waals surface area contributed by atoms with E-state index in [0.29, 0.717) is 24.0 Å². The second kappa shape index (κ2) is 8.73. The molecule has 0 saturated heterocycles. The Morgan fingerprint density at radius 3 is 2.45 bits per heavy atom. The van der Waals surface area contributed by atoms with E-state index < -0.39 is 0 Å². The Hall–Kier alpha value is -3.41. The lowest BCUT2D eigenvalue weighted by molar-refractivity contribution is 0.102. The SMILES string of the molecule is CCOc1ccccc1NC(=O)c1ccnc(Nc2ccc(C(C)(C)C)cc2)n1. The molecule has 6 nitrogen and oxygen atoms in total. The molecule has 0 fully saturated rings. The molecule has 6 heteroatoms. The monoisotopic (exact) mass is 390 g/mol. The maximum absolute atomic E-state index is 12.6. The summed E-state index contributed by atoms with van der Waals surface area (Å²) in [6.45, 7) is 8.93. The minimum absolute atomic E-state index is 0.0881. The highest BCUT2D eigenvalue weighted by atomic mass is 16.5. The van der Waals surface area contributed by atoms with Gasteiger partial charge in [-0.2, -0.15) is 0 Å². The molecule has 0 aliphatic carbocycles. The molecule has 0 aliphatic heterocycles. The van der Waals surface area contributed by atoms with Crippen LogP contribution in [0.25, 0.3) is 0 Å². The molecule has 1 heterocycles. The highest BCUT2D eigenvalue weighted by Gasteiger charge is 2.14. The molecule has 3 rings (SSSR count). The Morgan fingerprint density at radius 2 is 1.76 bits per heavy atom. The zero-order valence-corrected chi connectivity index (χ0v) is 17.2. The molecule has 0 saturated carbocycles. The van der Waals surface area contributed by atoms with Crippen molar-refractivity contribution in [2.45, 2.75) is 33.1 Å². The molecule has 0 aliphatic rings. The van der Waals surface area contributed by atoms with Crippen molar-refractivity contribution in [2.75, 3.05) is 17.2 Å². The summed E-state index contributed by atoms with van der Waals surface area (Å²) in [5, 5.41) is 5.99. The number of benzene rings is 2. The van der Waals surface area contributed by atoms with Crippen LogP contribution in [0, 0.1) is 0 Å². The number of hydrogen-bond donors (Lipinski definition) is 2. The van der Waals surface area contributed by atoms with Crippen molar-refractivity contribution >= 4 is 23.2 Å². The average Bonchev–Trinajstić information content (AvgIpc) is 2.69. The maximum atomic E-state index is 12.6. The number of ether oxygens (including phenoxy) is 1. The van der Waals surface area contributed by atoms with Crippen molar-refractivity contribution in [3.8, 4) is 5.75 Å². The number of amides is 1. The van der Waals surface area contributed by atoms with E-state index in [0.717, 1.165) is 5.69 Å². The van der Waals surface area contributed by atoms with Gasteiger partial charge in [-0.3, -0.25) is 4.79 Å². The predicted molar refractivity (Wildman–Crippen MR) is 116 cm³/mol. The molecule has 150 valence electrons. The minimum Gasteiger partial charge on any atom is -0.492 e. The number of carbonyl (C=O) groups is 1. The van der Waals surface area contributed by atoms with Gasteiger partial charge in [0.05, 0.1) is 12.3 Å². The molecule has 29 heavy (non-hydrogen) atoms. The lowest BCUT2D eigenvalue weighted by Gasteiger charge is -2.19. The third-order valence-electron chi connectivity index (χ3n) is 4.33. The Bertz CT molecular complexity index is 979. The van der Waals surface area contributed by atoms with Gasteiger partial charge in [0, 0.05) is 11.9 Å². The summed E-state index contributed by atoms with van der Waals surface area (Å²) in [5.74, 6) is 0.652. The van der Waals surface area contributed by atoms with Gasteiger partial charge in [-0.25, -0.2) is 9.97 Å². The first-order valence-electron chi connectivity index (χ1n) is 9.60. The number of rotatable bonds is 6. The second-order valence-corrected chi connectivity index (χ2v) is 7.60. The van der Waals surface area contributed by atoms with Crippen LogP contribution in [0.2, 0.25) is 0 Å². The molecule has 0 bridgehead atoms. The Kier molecular flexibility index (Phi) is 6.12. The number of nitrogens with one attached hydrogen (secondary N) is 2. The third-order valence-corrected chi connectivity index (χ3v) is 4.33. The van der Waals surface area contributed by atoms with E-state index in [1.807, 2.05) is 37.3 Å². The number of nitrogens with zero attached hydrogens (tertiary/aromatic N) is 2. The van der Waals surface area contributed by atoms with E-state index in [1.54, 1.807) is 18.3 Å². The Labute approximate surface area is 171 Å². The van der Waals surface area contributed by atoms with Crippen molar-refractivity contribution in [1.82, 2.24) is 9.97 Å². The normalized spacial score (nSPS) is 11.0. The molecule has 2 aromatic carbocycles. The van der Waals surface area contributed by atoms with Crippen molar-refractivity contribution < 1.29 is 9.53 Å². The molecule has 0 atom stereocenters. The van der Waals surface area contributed by atoms with E-state index >= 15 is 0 Å². The van der Waals surface area contributed by atoms with Crippen LogP contribution in [0.1, 0.15) is 43.7 Å². The topological polar surface area (TPSA) is 76.1 Å². The number of aromatic nitrogens is 2. The number of hydrogen-bond acceptors (Lipinski definition) is 5. The second-order valence-electron chi connectivity index (χ2n) is 7.60. The van der Waals surface area contributed by atoms with Gasteiger partial charge in [-0.05, 0) is 48.2 Å². The summed E-state index contributed by atoms with van der Waals surface area (Å²) in [6.07, 6.45) is 1.56. The van der Waals surface area contributed by atoms with Gasteiger partial charge in [-0.1, -0.05) is 45.0 Å². The van der Waals surface area contributed by atoms with Crippen LogP contribution in [0.15, 0.2) is 60.8 Å². The van der Waals surface area contributed by atoms with Crippen LogP contribution in [-0.4, -0.2) is 22.5 Å². The molecule has 1 amide bonds. The van der Waals surface area contributed by atoms with Crippen LogP contribution in [0.5, 0.6) is 5.75 Å². The van der Waals surface area contributed by atoms with Gasteiger partial charge in [0.25, 0.3) is 5.91 Å². The smallest absolute Gasteiger partial charge is 0.274 e. The maximum Gasteiger partial charge on any atom is 0.274 e. The highest BCUT2D eigenvalue weighted by Crippen LogP contribution is 2.25. The van der Waals surface area contributed by atoms with Crippen LogP contribution < -0.4 is 15.4 Å². The van der Waals surface area contributed by atoms with Crippen LogP contribution in [0.3, 0.4) is 0 Å². The summed E-state index contributed by atoms with van der Waals surface area (Å²) < 4.78 is 5.55. The lowest BCUT2D eigenvalue weighted by atomic mass is 9.87. The Balaban J connectivity index is 1.73. The van der Waals surface area contributed by atoms with E-state index in [1.165, 1.54) is 5.56 Å². The van der Waals surface area contributed by atoms with Crippen molar-refractivity contribution in [3.63, 3.8) is 0 Å². The quantitative estimate of drug-likeness (QED) is 0.607. The van der Waals surface area contributed by atoms with Gasteiger partial charge in [-0.15, -0.1) is 0 Å². The van der Waals surface area contributed by atoms with E-state index in [2.05, 4.69) is 53.5 Å². The molecule has 0 unspecified atom stereocenters. The predicted octanol–water partition coefficient (Wildman–Crippen LogP) is 5.17. The van der Waals surface area contributed by atoms with E-state index in [4.69, 9.17) is 4.74 Å². The number of para-hydroxylation sites is 2.